The van der Waals surface area contributed by atoms with Gasteiger partial charge in [-0.1, -0.05) is 24.3 Å². The molecule has 9 heteroatoms. The number of halogens is 3. The van der Waals surface area contributed by atoms with E-state index in [1.54, 1.807) is 31.2 Å². The molecule has 2 aromatic carbocycles. The summed E-state index contributed by atoms with van der Waals surface area (Å²) < 4.78 is 42.7. The monoisotopic (exact) mass is 559 g/mol. The summed E-state index contributed by atoms with van der Waals surface area (Å²) in [6, 6.07) is 9.59. The Morgan fingerprint density at radius 2 is 1.80 bits per heavy atom. The molecule has 0 bridgehead atoms. The van der Waals surface area contributed by atoms with Crippen LogP contribution < -0.4 is 0 Å². The molecule has 0 aliphatic carbocycles. The Hall–Kier alpha value is -2.91. The minimum absolute atomic E-state index is 0.0508. The minimum Gasteiger partial charge on any atom is -0.508 e. The van der Waals surface area contributed by atoms with E-state index in [1.165, 1.54) is 23.1 Å². The molecule has 0 aromatic heterocycles. The number of carbonyl (C=O) groups excluding carboxylic acids is 2. The fourth-order valence-corrected chi connectivity index (χ4v) is 6.40. The van der Waals surface area contributed by atoms with E-state index in [1.807, 2.05) is 14.1 Å². The molecule has 2 heterocycles. The number of ketones is 1. The van der Waals surface area contributed by atoms with Crippen molar-refractivity contribution in [2.45, 2.75) is 51.0 Å². The van der Waals surface area contributed by atoms with Gasteiger partial charge < -0.3 is 19.8 Å². The lowest BCUT2D eigenvalue weighted by molar-refractivity contribution is -0.142. The van der Waals surface area contributed by atoms with Gasteiger partial charge in [-0.2, -0.15) is 0 Å². The zero-order chi connectivity index (χ0) is 29.0. The highest BCUT2D eigenvalue weighted by Gasteiger charge is 2.48. The molecule has 218 valence electrons. The molecule has 2 saturated heterocycles. The highest BCUT2D eigenvalue weighted by atomic mass is 19.3. The summed E-state index contributed by atoms with van der Waals surface area (Å²) in [6.45, 7) is 4.07. The summed E-state index contributed by atoms with van der Waals surface area (Å²) in [5.74, 6) is -3.37. The zero-order valence-corrected chi connectivity index (χ0v) is 23.5. The molecule has 4 rings (SSSR count). The second-order valence-electron chi connectivity index (χ2n) is 11.5. The van der Waals surface area contributed by atoms with Gasteiger partial charge in [0.05, 0.1) is 12.0 Å². The highest BCUT2D eigenvalue weighted by Crippen LogP contribution is 2.43. The molecule has 0 radical (unpaired) electrons. The number of Topliss-reactive ketones (excluding diaryl/α,β-unsaturated/α-hetero) is 1. The third-order valence-corrected chi connectivity index (χ3v) is 8.43. The van der Waals surface area contributed by atoms with Gasteiger partial charge in [0.2, 0.25) is 5.91 Å². The topological polar surface area (TPSA) is 64.1 Å². The summed E-state index contributed by atoms with van der Waals surface area (Å²) >= 11 is 0. The van der Waals surface area contributed by atoms with Crippen LogP contribution in [0.2, 0.25) is 0 Å². The zero-order valence-electron chi connectivity index (χ0n) is 23.5. The minimum atomic E-state index is -2.66. The molecule has 0 saturated carbocycles. The molecule has 0 spiro atoms. The van der Waals surface area contributed by atoms with Crippen LogP contribution in [0.3, 0.4) is 0 Å². The fraction of sp³-hybridized carbons (Fsp3) is 0.548. The van der Waals surface area contributed by atoms with E-state index in [9.17, 15) is 27.9 Å². The lowest BCUT2D eigenvalue weighted by Crippen LogP contribution is -2.55. The van der Waals surface area contributed by atoms with Crippen molar-refractivity contribution >= 4 is 11.7 Å². The van der Waals surface area contributed by atoms with Gasteiger partial charge in [-0.3, -0.25) is 9.59 Å². The summed E-state index contributed by atoms with van der Waals surface area (Å²) in [4.78, 5) is 33.7. The van der Waals surface area contributed by atoms with Gasteiger partial charge in [0.25, 0.3) is 6.43 Å². The van der Waals surface area contributed by atoms with E-state index >= 15 is 0 Å². The molecule has 6 nitrogen and oxygen atoms in total. The van der Waals surface area contributed by atoms with Crippen LogP contribution in [-0.4, -0.2) is 90.8 Å². The molecule has 4 atom stereocenters. The van der Waals surface area contributed by atoms with Gasteiger partial charge in [-0.05, 0) is 89.1 Å². The Morgan fingerprint density at radius 3 is 2.50 bits per heavy atom. The molecule has 0 unspecified atom stereocenters. The van der Waals surface area contributed by atoms with Crippen LogP contribution in [0.1, 0.15) is 53.1 Å². The Bertz CT molecular complexity index is 1190. The average molecular weight is 560 g/mol. The first-order valence-corrected chi connectivity index (χ1v) is 14.1. The number of unbranched alkanes of at least 4 members (excludes halogenated alkanes) is 1. The van der Waals surface area contributed by atoms with E-state index in [0.29, 0.717) is 42.7 Å². The van der Waals surface area contributed by atoms with E-state index in [0.717, 1.165) is 19.4 Å². The molecule has 1 N–H and O–H groups in total. The first kappa shape index (κ1) is 30.1. The Balaban J connectivity index is 1.76. The number of rotatable bonds is 10. The second-order valence-corrected chi connectivity index (χ2v) is 11.5. The molecule has 2 fully saturated rings. The number of alkyl halides is 2. The Kier molecular flexibility index (Phi) is 9.90. The number of amides is 1. The van der Waals surface area contributed by atoms with Crippen molar-refractivity contribution in [1.82, 2.24) is 14.7 Å². The van der Waals surface area contributed by atoms with Gasteiger partial charge >= 0.3 is 0 Å². The van der Waals surface area contributed by atoms with Crippen LogP contribution in [0.5, 0.6) is 5.75 Å². The van der Waals surface area contributed by atoms with Crippen LogP contribution in [-0.2, 0) is 4.79 Å². The number of likely N-dealkylation sites (tertiary alicyclic amines) is 2. The molecule has 2 aromatic rings. The van der Waals surface area contributed by atoms with E-state index in [-0.39, 0.29) is 24.5 Å². The number of aromatic hydroxyl groups is 1. The van der Waals surface area contributed by atoms with Crippen molar-refractivity contribution in [3.8, 4) is 5.75 Å². The van der Waals surface area contributed by atoms with Crippen molar-refractivity contribution in [2.75, 3.05) is 46.8 Å². The standard InChI is InChI=1S/C31H40F3N3O3/c1-20-23(11-7-12-26(20)32)28-24(29(39)21-9-6-10-22(38)17-21)18-36(15-5-4-14-35(2)3)19-25(28)31(40)37-16-8-13-27(37)30(33)34/h6-7,9-12,17,24-25,27-28,30,38H,4-5,8,13-16,18-19H2,1-3H3/t24-,25+,27+,28+/m0/s1. The highest BCUT2D eigenvalue weighted by molar-refractivity contribution is 5.99. The third kappa shape index (κ3) is 6.69. The number of piperidine rings is 1. The van der Waals surface area contributed by atoms with E-state index in [2.05, 4.69) is 9.80 Å². The van der Waals surface area contributed by atoms with Crippen LogP contribution in [0.4, 0.5) is 13.2 Å². The van der Waals surface area contributed by atoms with Gasteiger partial charge in [-0.15, -0.1) is 0 Å². The molecule has 2 aliphatic heterocycles. The third-order valence-electron chi connectivity index (χ3n) is 8.43. The van der Waals surface area contributed by atoms with Gasteiger partial charge in [0.1, 0.15) is 11.6 Å². The van der Waals surface area contributed by atoms with Crippen molar-refractivity contribution < 1.29 is 27.9 Å². The molecule has 40 heavy (non-hydrogen) atoms. The summed E-state index contributed by atoms with van der Waals surface area (Å²) in [6.07, 6.45) is -0.147. The average Bonchev–Trinajstić information content (AvgIpc) is 3.42. The number of hydrogen-bond acceptors (Lipinski definition) is 5. The summed E-state index contributed by atoms with van der Waals surface area (Å²) in [5, 5.41) is 10.1. The lowest BCUT2D eigenvalue weighted by atomic mass is 9.69. The SMILES string of the molecule is Cc1c(F)cccc1[C@@H]1[C@@H](C(=O)c2cccc(O)c2)CN(CCCCN(C)C)C[C@H]1C(=O)N1CCC[C@@H]1C(F)F. The van der Waals surface area contributed by atoms with Gasteiger partial charge in [-0.25, -0.2) is 13.2 Å². The van der Waals surface area contributed by atoms with E-state index < -0.39 is 41.9 Å². The maximum Gasteiger partial charge on any atom is 0.258 e. The number of phenols is 1. The van der Waals surface area contributed by atoms with Gasteiger partial charge in [0.15, 0.2) is 5.78 Å². The van der Waals surface area contributed by atoms with Crippen molar-refractivity contribution in [1.29, 1.82) is 0 Å². The van der Waals surface area contributed by atoms with Crippen LogP contribution >= 0.6 is 0 Å². The lowest BCUT2D eigenvalue weighted by Gasteiger charge is -2.45. The summed E-state index contributed by atoms with van der Waals surface area (Å²) in [5.41, 5.74) is 1.21. The smallest absolute Gasteiger partial charge is 0.258 e. The maximum atomic E-state index is 14.9. The number of benzene rings is 2. The molecular weight excluding hydrogens is 519 g/mol. The quantitative estimate of drug-likeness (QED) is 0.330. The largest absolute Gasteiger partial charge is 0.508 e. The van der Waals surface area contributed by atoms with E-state index in [4.69, 9.17) is 0 Å². The van der Waals surface area contributed by atoms with Gasteiger partial charge in [0, 0.05) is 37.0 Å². The maximum absolute atomic E-state index is 14.9. The normalized spacial score (nSPS) is 23.8. The Morgan fingerprint density at radius 1 is 1.07 bits per heavy atom. The second kappa shape index (κ2) is 13.2. The van der Waals surface area contributed by atoms with Crippen molar-refractivity contribution in [2.24, 2.45) is 11.8 Å². The van der Waals surface area contributed by atoms with Crippen LogP contribution in [0.25, 0.3) is 0 Å². The molecule has 1 amide bonds. The summed E-state index contributed by atoms with van der Waals surface area (Å²) in [7, 11) is 4.00. The number of hydrogen-bond donors (Lipinski definition) is 1. The van der Waals surface area contributed by atoms with Crippen LogP contribution in [0.15, 0.2) is 42.5 Å². The molecular formula is C31H40F3N3O3. The predicted molar refractivity (Wildman–Crippen MR) is 148 cm³/mol. The first-order valence-electron chi connectivity index (χ1n) is 14.1. The Labute approximate surface area is 234 Å². The van der Waals surface area contributed by atoms with Crippen LogP contribution in [0, 0.1) is 24.6 Å². The fourth-order valence-electron chi connectivity index (χ4n) is 6.40. The molecule has 2 aliphatic rings. The number of carbonyl (C=O) groups is 2. The first-order chi connectivity index (χ1) is 19.1. The number of phenolic OH excluding ortho intramolecular Hbond substituents is 1. The van der Waals surface area contributed by atoms with Crippen molar-refractivity contribution in [3.05, 3.63) is 65.0 Å². The van der Waals surface area contributed by atoms with Crippen molar-refractivity contribution in [3.63, 3.8) is 0 Å². The predicted octanol–water partition coefficient (Wildman–Crippen LogP) is 4.95. The number of nitrogens with zero attached hydrogens (tertiary/aromatic N) is 3.